The standard InChI is InChI=1S/C17H25F2N5O3/c1-11(14-22-8-5-9-23-14)24(16(25)27-17(2,3)4)10-12(20)6-7-13(21)26-15(18)19/h5-9,11,15H,10,20-21H2,1-4H3/b12-6-,13-7+. The highest BCUT2D eigenvalue weighted by Gasteiger charge is 2.28. The van der Waals surface area contributed by atoms with Gasteiger partial charge in [-0.1, -0.05) is 0 Å². The zero-order valence-electron chi connectivity index (χ0n) is 15.7. The lowest BCUT2D eigenvalue weighted by molar-refractivity contribution is -0.0968. The lowest BCUT2D eigenvalue weighted by Gasteiger charge is -2.31. The molecule has 1 aromatic heterocycles. The molecule has 1 rings (SSSR count). The fourth-order valence-electron chi connectivity index (χ4n) is 1.93. The lowest BCUT2D eigenvalue weighted by atomic mass is 10.2. The Bertz CT molecular complexity index is 675. The molecule has 0 aliphatic heterocycles. The van der Waals surface area contributed by atoms with Crippen LogP contribution in [0.15, 0.2) is 42.2 Å². The number of ether oxygens (including phenoxy) is 2. The number of alkyl halides is 2. The van der Waals surface area contributed by atoms with Crippen LogP contribution >= 0.6 is 0 Å². The van der Waals surface area contributed by atoms with Crippen molar-refractivity contribution in [3.05, 3.63) is 48.0 Å². The minimum atomic E-state index is -3.04. The fourth-order valence-corrected chi connectivity index (χ4v) is 1.93. The predicted octanol–water partition coefficient (Wildman–Crippen LogP) is 2.66. The first kappa shape index (κ1) is 22.1. The van der Waals surface area contributed by atoms with Gasteiger partial charge in [-0.2, -0.15) is 8.78 Å². The zero-order chi connectivity index (χ0) is 20.6. The molecule has 0 bridgehead atoms. The Labute approximate surface area is 156 Å². The van der Waals surface area contributed by atoms with Gasteiger partial charge in [-0.3, -0.25) is 4.90 Å². The van der Waals surface area contributed by atoms with E-state index >= 15 is 0 Å². The molecule has 0 aliphatic carbocycles. The van der Waals surface area contributed by atoms with Crippen LogP contribution in [-0.4, -0.2) is 39.7 Å². The molecule has 0 spiro atoms. The lowest BCUT2D eigenvalue weighted by Crippen LogP contribution is -2.41. The zero-order valence-corrected chi connectivity index (χ0v) is 15.7. The molecule has 0 saturated carbocycles. The van der Waals surface area contributed by atoms with Gasteiger partial charge in [0.25, 0.3) is 0 Å². The van der Waals surface area contributed by atoms with Crippen LogP contribution in [0.25, 0.3) is 0 Å². The van der Waals surface area contributed by atoms with Crippen LogP contribution in [0.3, 0.4) is 0 Å². The van der Waals surface area contributed by atoms with Gasteiger partial charge in [-0.25, -0.2) is 14.8 Å². The molecule has 10 heteroatoms. The summed E-state index contributed by atoms with van der Waals surface area (Å²) in [6.45, 7) is 3.82. The van der Waals surface area contributed by atoms with Crippen molar-refractivity contribution in [3.8, 4) is 0 Å². The molecular formula is C17H25F2N5O3. The summed E-state index contributed by atoms with van der Waals surface area (Å²) in [5, 5.41) is 0. The largest absolute Gasteiger partial charge is 0.444 e. The van der Waals surface area contributed by atoms with Crippen LogP contribution in [0, 0.1) is 0 Å². The first-order valence-electron chi connectivity index (χ1n) is 8.12. The summed E-state index contributed by atoms with van der Waals surface area (Å²) in [7, 11) is 0. The summed E-state index contributed by atoms with van der Waals surface area (Å²) in [6, 6.07) is 1.10. The maximum Gasteiger partial charge on any atom is 0.411 e. The van der Waals surface area contributed by atoms with Crippen molar-refractivity contribution in [1.29, 1.82) is 0 Å². The second-order valence-corrected chi connectivity index (χ2v) is 6.58. The van der Waals surface area contributed by atoms with E-state index < -0.39 is 30.2 Å². The predicted molar refractivity (Wildman–Crippen MR) is 95.0 cm³/mol. The molecule has 1 aromatic rings. The number of allylic oxidation sites excluding steroid dienone is 2. The highest BCUT2D eigenvalue weighted by Crippen LogP contribution is 2.20. The molecule has 1 atom stereocenters. The number of amides is 1. The Morgan fingerprint density at radius 1 is 1.26 bits per heavy atom. The Morgan fingerprint density at radius 3 is 2.37 bits per heavy atom. The quantitative estimate of drug-likeness (QED) is 0.547. The second kappa shape index (κ2) is 9.70. The number of hydrogen-bond donors (Lipinski definition) is 2. The van der Waals surface area contributed by atoms with Gasteiger partial charge in [-0.05, 0) is 45.9 Å². The molecule has 0 fully saturated rings. The van der Waals surface area contributed by atoms with Gasteiger partial charge in [0.1, 0.15) is 5.60 Å². The van der Waals surface area contributed by atoms with E-state index in [0.717, 1.165) is 6.08 Å². The number of halogens is 2. The van der Waals surface area contributed by atoms with E-state index in [4.69, 9.17) is 16.2 Å². The monoisotopic (exact) mass is 385 g/mol. The second-order valence-electron chi connectivity index (χ2n) is 6.58. The first-order valence-corrected chi connectivity index (χ1v) is 8.12. The van der Waals surface area contributed by atoms with Crippen LogP contribution in [0.2, 0.25) is 0 Å². The third-order valence-electron chi connectivity index (χ3n) is 3.09. The maximum absolute atomic E-state index is 12.6. The number of carbonyl (C=O) groups excluding carboxylic acids is 1. The van der Waals surface area contributed by atoms with Crippen molar-refractivity contribution in [3.63, 3.8) is 0 Å². The van der Waals surface area contributed by atoms with Crippen LogP contribution in [0.4, 0.5) is 13.6 Å². The average molecular weight is 385 g/mol. The minimum absolute atomic E-state index is 0.0627. The topological polar surface area (TPSA) is 117 Å². The Kier molecular flexibility index (Phi) is 7.95. The van der Waals surface area contributed by atoms with E-state index in [-0.39, 0.29) is 12.2 Å². The molecule has 150 valence electrons. The normalized spacial score (nSPS) is 14.0. The summed E-state index contributed by atoms with van der Waals surface area (Å²) in [5.41, 5.74) is 10.6. The van der Waals surface area contributed by atoms with E-state index in [0.29, 0.717) is 5.82 Å². The van der Waals surface area contributed by atoms with E-state index in [1.165, 1.54) is 11.0 Å². The highest BCUT2D eigenvalue weighted by atomic mass is 19.3. The van der Waals surface area contributed by atoms with Gasteiger partial charge >= 0.3 is 12.7 Å². The van der Waals surface area contributed by atoms with E-state index in [2.05, 4.69) is 14.7 Å². The molecule has 8 nitrogen and oxygen atoms in total. The van der Waals surface area contributed by atoms with Crippen molar-refractivity contribution in [2.75, 3.05) is 6.54 Å². The molecule has 1 amide bonds. The fraction of sp³-hybridized carbons (Fsp3) is 0.471. The van der Waals surface area contributed by atoms with Crippen LogP contribution < -0.4 is 11.5 Å². The Morgan fingerprint density at radius 2 is 1.85 bits per heavy atom. The number of rotatable bonds is 7. The van der Waals surface area contributed by atoms with Gasteiger partial charge < -0.3 is 20.9 Å². The number of aromatic nitrogens is 2. The average Bonchev–Trinajstić information content (AvgIpc) is 2.56. The van der Waals surface area contributed by atoms with Crippen molar-refractivity contribution in [2.24, 2.45) is 11.5 Å². The third-order valence-corrected chi connectivity index (χ3v) is 3.09. The summed E-state index contributed by atoms with van der Waals surface area (Å²) >= 11 is 0. The number of nitrogens with zero attached hydrogens (tertiary/aromatic N) is 3. The molecule has 0 radical (unpaired) electrons. The van der Waals surface area contributed by atoms with Gasteiger partial charge in [-0.15, -0.1) is 0 Å². The molecule has 27 heavy (non-hydrogen) atoms. The molecule has 0 aliphatic rings. The Hall–Kier alpha value is -2.91. The van der Waals surface area contributed by atoms with Crippen molar-refractivity contribution in [2.45, 2.75) is 45.9 Å². The summed E-state index contributed by atoms with van der Waals surface area (Å²) in [4.78, 5) is 22.2. The number of nitrogens with two attached hydrogens (primary N) is 2. The molecule has 1 unspecified atom stereocenters. The highest BCUT2D eigenvalue weighted by molar-refractivity contribution is 5.69. The number of hydrogen-bond acceptors (Lipinski definition) is 7. The summed E-state index contributed by atoms with van der Waals surface area (Å²) in [5.74, 6) is -0.108. The first-order chi connectivity index (χ1) is 12.5. The summed E-state index contributed by atoms with van der Waals surface area (Å²) in [6.07, 6.45) is 4.83. The van der Waals surface area contributed by atoms with Crippen LogP contribution in [-0.2, 0) is 9.47 Å². The van der Waals surface area contributed by atoms with E-state index in [1.54, 1.807) is 46.2 Å². The Balaban J connectivity index is 3.02. The SMILES string of the molecule is CC(c1ncccn1)N(C/C(N)=C/C=C(\N)OC(F)F)C(=O)OC(C)(C)C. The minimum Gasteiger partial charge on any atom is -0.444 e. The molecular weight excluding hydrogens is 360 g/mol. The molecule has 1 heterocycles. The third kappa shape index (κ3) is 8.34. The van der Waals surface area contributed by atoms with Gasteiger partial charge in [0.05, 0.1) is 12.6 Å². The molecule has 4 N–H and O–H groups in total. The van der Waals surface area contributed by atoms with Crippen molar-refractivity contribution in [1.82, 2.24) is 14.9 Å². The van der Waals surface area contributed by atoms with Crippen molar-refractivity contribution < 1.29 is 23.0 Å². The van der Waals surface area contributed by atoms with Crippen LogP contribution in [0.1, 0.15) is 39.6 Å². The number of carbonyl (C=O) groups is 1. The van der Waals surface area contributed by atoms with Gasteiger partial charge in [0, 0.05) is 18.1 Å². The summed E-state index contributed by atoms with van der Waals surface area (Å²) < 4.78 is 33.6. The maximum atomic E-state index is 12.6. The van der Waals surface area contributed by atoms with E-state index in [1.807, 2.05) is 0 Å². The molecule has 0 aromatic carbocycles. The van der Waals surface area contributed by atoms with Crippen LogP contribution in [0.5, 0.6) is 0 Å². The van der Waals surface area contributed by atoms with Gasteiger partial charge in [0.2, 0.25) is 0 Å². The van der Waals surface area contributed by atoms with Crippen molar-refractivity contribution >= 4 is 6.09 Å². The van der Waals surface area contributed by atoms with Gasteiger partial charge in [0.15, 0.2) is 11.7 Å². The smallest absolute Gasteiger partial charge is 0.411 e. The molecule has 0 saturated heterocycles. The van der Waals surface area contributed by atoms with E-state index in [9.17, 15) is 13.6 Å².